The van der Waals surface area contributed by atoms with Gasteiger partial charge in [-0.3, -0.25) is 9.79 Å². The fraction of sp³-hybridized carbons (Fsp3) is 0.308. The van der Waals surface area contributed by atoms with Crippen molar-refractivity contribution >= 4 is 28.2 Å². The topological polar surface area (TPSA) is 88.6 Å². The number of aromatic nitrogens is 3. The van der Waals surface area contributed by atoms with E-state index in [2.05, 4.69) is 20.4 Å². The normalized spacial score (nSPS) is 17.8. The summed E-state index contributed by atoms with van der Waals surface area (Å²) in [5.74, 6) is -0.406. The van der Waals surface area contributed by atoms with Gasteiger partial charge >= 0.3 is 6.18 Å². The molecular weight excluding hydrogens is 504 g/mol. The third-order valence-corrected chi connectivity index (χ3v) is 6.24. The van der Waals surface area contributed by atoms with Gasteiger partial charge in [0.1, 0.15) is 6.54 Å². The van der Waals surface area contributed by atoms with Crippen molar-refractivity contribution in [1.29, 1.82) is 0 Å². The van der Waals surface area contributed by atoms with Crippen LogP contribution < -0.4 is 5.32 Å². The molecule has 0 aliphatic carbocycles. The quantitative estimate of drug-likeness (QED) is 0.359. The van der Waals surface area contributed by atoms with Gasteiger partial charge in [-0.05, 0) is 37.4 Å². The van der Waals surface area contributed by atoms with Crippen molar-refractivity contribution in [2.24, 2.45) is 4.99 Å². The van der Waals surface area contributed by atoms with Gasteiger partial charge in [-0.25, -0.2) is 4.39 Å². The Morgan fingerprint density at radius 2 is 1.97 bits per heavy atom. The minimum Gasteiger partial charge on any atom is -0.343 e. The number of nitrogens with one attached hydrogen (secondary N) is 1. The molecule has 1 aliphatic heterocycles. The van der Waals surface area contributed by atoms with Gasteiger partial charge in [0.05, 0.1) is 29.2 Å². The first-order valence-corrected chi connectivity index (χ1v) is 11.9. The molecule has 198 valence electrons. The van der Waals surface area contributed by atoms with Crippen molar-refractivity contribution in [1.82, 2.24) is 24.9 Å². The molecule has 4 aromatic rings. The summed E-state index contributed by atoms with van der Waals surface area (Å²) >= 11 is 0. The summed E-state index contributed by atoms with van der Waals surface area (Å²) in [4.78, 5) is 22.9. The van der Waals surface area contributed by atoms with Crippen LogP contribution >= 0.6 is 0 Å². The van der Waals surface area contributed by atoms with Gasteiger partial charge in [0.15, 0.2) is 6.17 Å². The molecule has 1 aliphatic rings. The lowest BCUT2D eigenvalue weighted by Gasteiger charge is -2.26. The number of rotatable bonds is 6. The lowest BCUT2D eigenvalue weighted by Crippen LogP contribution is -2.39. The molecule has 5 rings (SSSR count). The van der Waals surface area contributed by atoms with E-state index < -0.39 is 18.9 Å². The summed E-state index contributed by atoms with van der Waals surface area (Å²) < 4.78 is 61.6. The second kappa shape index (κ2) is 10.4. The van der Waals surface area contributed by atoms with E-state index in [9.17, 15) is 22.4 Å². The van der Waals surface area contributed by atoms with Gasteiger partial charge in [-0.15, -0.1) is 0 Å². The molecule has 0 bridgehead atoms. The highest BCUT2D eigenvalue weighted by Gasteiger charge is 2.31. The summed E-state index contributed by atoms with van der Waals surface area (Å²) in [6.07, 6.45) is -5.37. The van der Waals surface area contributed by atoms with Crippen LogP contribution in [0.5, 0.6) is 0 Å². The predicted molar refractivity (Wildman–Crippen MR) is 133 cm³/mol. The van der Waals surface area contributed by atoms with Gasteiger partial charge in [-0.2, -0.15) is 18.2 Å². The molecule has 1 N–H and O–H groups in total. The summed E-state index contributed by atoms with van der Waals surface area (Å²) in [5, 5.41) is 6.92. The van der Waals surface area contributed by atoms with Crippen LogP contribution in [0.4, 0.5) is 23.2 Å². The predicted octanol–water partition coefficient (Wildman–Crippen LogP) is 4.93. The van der Waals surface area contributed by atoms with Crippen LogP contribution in [0.25, 0.3) is 22.4 Å². The smallest absolute Gasteiger partial charge is 0.343 e. The van der Waals surface area contributed by atoms with E-state index in [1.54, 1.807) is 42.5 Å². The number of likely N-dealkylation sites (tertiary alicyclic amines) is 1. The molecule has 1 atom stereocenters. The molecule has 0 spiro atoms. The van der Waals surface area contributed by atoms with Gasteiger partial charge in [0, 0.05) is 30.5 Å². The number of amides is 1. The Morgan fingerprint density at radius 3 is 2.71 bits per heavy atom. The highest BCUT2D eigenvalue weighted by Crippen LogP contribution is 2.35. The summed E-state index contributed by atoms with van der Waals surface area (Å²) in [5.41, 5.74) is 1.48. The highest BCUT2D eigenvalue weighted by molar-refractivity contribution is 5.99. The lowest BCUT2D eigenvalue weighted by atomic mass is 10.1. The molecule has 1 fully saturated rings. The number of carbonyl (C=O) groups is 1. The Bertz CT molecular complexity index is 1480. The number of carbonyl (C=O) groups excluding carboxylic acids is 1. The second-order valence-electron chi connectivity index (χ2n) is 9.08. The molecule has 12 heteroatoms. The van der Waals surface area contributed by atoms with Crippen molar-refractivity contribution < 1.29 is 26.9 Å². The van der Waals surface area contributed by atoms with Crippen LogP contribution in [0.1, 0.15) is 22.7 Å². The highest BCUT2D eigenvalue weighted by atomic mass is 19.4. The summed E-state index contributed by atoms with van der Waals surface area (Å²) in [6.45, 7) is -0.550. The minimum absolute atomic E-state index is 0.0279. The van der Waals surface area contributed by atoms with Crippen molar-refractivity contribution in [2.75, 3.05) is 20.1 Å². The average Bonchev–Trinajstić information content (AvgIpc) is 3.49. The first kappa shape index (κ1) is 25.6. The first-order valence-electron chi connectivity index (χ1n) is 11.9. The standard InChI is InChI=1S/C26H24F4N6O2/c1-35-11-10-20(18(27)14-35)32-19-8-5-9-21-17(19)12-22(36(21)15-26(28,29)30)24-33-23(38-34-24)13-31-25(37)16-6-3-2-4-7-16/h2-9,12,18H,10-11,13-15H2,1H3,(H,31,37)/b32-20+/t18-/m0/s1. The Balaban J connectivity index is 1.48. The number of fused-ring (bicyclic) bond motifs is 1. The van der Waals surface area contributed by atoms with E-state index in [4.69, 9.17) is 4.52 Å². The molecule has 0 radical (unpaired) electrons. The lowest BCUT2D eigenvalue weighted by molar-refractivity contribution is -0.139. The van der Waals surface area contributed by atoms with Crippen LogP contribution in [-0.4, -0.2) is 63.7 Å². The molecule has 1 amide bonds. The number of nitrogens with zero attached hydrogens (tertiary/aromatic N) is 5. The minimum atomic E-state index is -4.53. The number of hydrogen-bond donors (Lipinski definition) is 1. The summed E-state index contributed by atoms with van der Waals surface area (Å²) in [6, 6.07) is 14.8. The maximum absolute atomic E-state index is 14.6. The molecule has 2 aromatic heterocycles. The van der Waals surface area contributed by atoms with E-state index in [1.165, 1.54) is 12.1 Å². The Hall–Kier alpha value is -4.06. The number of aliphatic imine (C=N–C) groups is 1. The zero-order valence-corrected chi connectivity index (χ0v) is 20.4. The molecule has 3 heterocycles. The number of benzene rings is 2. The van der Waals surface area contributed by atoms with Crippen molar-refractivity contribution in [2.45, 2.75) is 31.9 Å². The largest absolute Gasteiger partial charge is 0.406 e. The fourth-order valence-electron chi connectivity index (χ4n) is 4.39. The Labute approximate surface area is 215 Å². The Kier molecular flexibility index (Phi) is 6.98. The van der Waals surface area contributed by atoms with Crippen molar-refractivity contribution in [3.05, 3.63) is 66.1 Å². The van der Waals surface area contributed by atoms with Gasteiger partial charge in [-0.1, -0.05) is 29.4 Å². The van der Waals surface area contributed by atoms with E-state index >= 15 is 0 Å². The maximum Gasteiger partial charge on any atom is 0.406 e. The van der Waals surface area contributed by atoms with Crippen LogP contribution in [0.15, 0.2) is 64.1 Å². The molecular formula is C26H24F4N6O2. The summed E-state index contributed by atoms with van der Waals surface area (Å²) in [7, 11) is 1.82. The van der Waals surface area contributed by atoms with E-state index in [0.717, 1.165) is 4.57 Å². The second-order valence-corrected chi connectivity index (χ2v) is 9.08. The average molecular weight is 529 g/mol. The zero-order valence-electron chi connectivity index (χ0n) is 20.4. The van der Waals surface area contributed by atoms with Crippen LogP contribution in [0.3, 0.4) is 0 Å². The van der Waals surface area contributed by atoms with E-state index in [1.807, 2.05) is 11.9 Å². The zero-order chi connectivity index (χ0) is 26.9. The van der Waals surface area contributed by atoms with Gasteiger partial charge < -0.3 is 19.3 Å². The fourth-order valence-corrected chi connectivity index (χ4v) is 4.39. The van der Waals surface area contributed by atoms with Crippen LogP contribution in [-0.2, 0) is 13.1 Å². The Morgan fingerprint density at radius 1 is 1.18 bits per heavy atom. The molecule has 0 saturated carbocycles. The third-order valence-electron chi connectivity index (χ3n) is 6.24. The molecule has 1 saturated heterocycles. The molecule has 2 aromatic carbocycles. The van der Waals surface area contributed by atoms with Gasteiger partial charge in [0.2, 0.25) is 11.7 Å². The third kappa shape index (κ3) is 5.59. The molecule has 0 unspecified atom stereocenters. The van der Waals surface area contributed by atoms with E-state index in [-0.39, 0.29) is 41.9 Å². The monoisotopic (exact) mass is 528 g/mol. The van der Waals surface area contributed by atoms with E-state index in [0.29, 0.717) is 35.3 Å². The van der Waals surface area contributed by atoms with Crippen molar-refractivity contribution in [3.63, 3.8) is 0 Å². The van der Waals surface area contributed by atoms with Crippen LogP contribution in [0.2, 0.25) is 0 Å². The number of halogens is 4. The van der Waals surface area contributed by atoms with Crippen LogP contribution in [0, 0.1) is 0 Å². The SMILES string of the molecule is CN1CC/C(=N\c2cccc3c2cc(-c2noc(CNC(=O)c4ccccc4)n2)n3CC(F)(F)F)[C@@H](F)C1. The number of piperidine rings is 1. The molecule has 38 heavy (non-hydrogen) atoms. The van der Waals surface area contributed by atoms with Gasteiger partial charge in [0.25, 0.3) is 5.91 Å². The number of alkyl halides is 4. The van der Waals surface area contributed by atoms with Crippen molar-refractivity contribution in [3.8, 4) is 11.5 Å². The maximum atomic E-state index is 14.6. The first-order chi connectivity index (χ1) is 18.2. The molecule has 8 nitrogen and oxygen atoms in total. The number of hydrogen-bond acceptors (Lipinski definition) is 6.